The van der Waals surface area contributed by atoms with Gasteiger partial charge in [0.2, 0.25) is 0 Å². The number of pyridine rings is 1. The number of hydrogen-bond acceptors (Lipinski definition) is 6. The lowest BCUT2D eigenvalue weighted by atomic mass is 9.89. The standard InChI is InChI=1S/C27H27N3O3S/c1-17-8-5-14-23(28-17)29-25(18-9-6-10-19(16-18)32-2)24-20-11-3-4-13-22(20)34-27(24)30-26(31)21-12-7-15-33-21/h5-10,12,14-16,25H,3-4,11,13H2,1-2H3,(H,28,29)(H,30,31)/t25-/m0/s1. The van der Waals surface area contributed by atoms with Gasteiger partial charge in [0.05, 0.1) is 19.4 Å². The van der Waals surface area contributed by atoms with Crippen molar-refractivity contribution in [1.29, 1.82) is 0 Å². The molecule has 1 aliphatic rings. The topological polar surface area (TPSA) is 76.4 Å². The predicted octanol–water partition coefficient (Wildman–Crippen LogP) is 6.39. The summed E-state index contributed by atoms with van der Waals surface area (Å²) in [6.45, 7) is 1.98. The first-order valence-electron chi connectivity index (χ1n) is 11.5. The van der Waals surface area contributed by atoms with Gasteiger partial charge in [0.1, 0.15) is 16.6 Å². The molecular formula is C27H27N3O3S. The maximum atomic E-state index is 13.0. The second-order valence-corrected chi connectivity index (χ2v) is 9.51. The van der Waals surface area contributed by atoms with E-state index in [1.807, 2.05) is 43.3 Å². The molecule has 3 aromatic heterocycles. The van der Waals surface area contributed by atoms with Crippen LogP contribution in [0.15, 0.2) is 65.3 Å². The van der Waals surface area contributed by atoms with Gasteiger partial charge in [-0.25, -0.2) is 4.98 Å². The summed E-state index contributed by atoms with van der Waals surface area (Å²) < 4.78 is 10.9. The van der Waals surface area contributed by atoms with Crippen molar-refractivity contribution in [2.75, 3.05) is 17.7 Å². The highest BCUT2D eigenvalue weighted by molar-refractivity contribution is 7.16. The van der Waals surface area contributed by atoms with Crippen LogP contribution >= 0.6 is 11.3 Å². The van der Waals surface area contributed by atoms with Crippen LogP contribution in [0, 0.1) is 6.92 Å². The molecule has 0 saturated carbocycles. The number of benzene rings is 1. The third kappa shape index (κ3) is 4.56. The minimum Gasteiger partial charge on any atom is -0.497 e. The lowest BCUT2D eigenvalue weighted by Crippen LogP contribution is -2.19. The Kier molecular flexibility index (Phi) is 6.36. The first-order valence-corrected chi connectivity index (χ1v) is 12.3. The summed E-state index contributed by atoms with van der Waals surface area (Å²) >= 11 is 1.67. The zero-order valence-electron chi connectivity index (χ0n) is 19.3. The molecule has 1 atom stereocenters. The van der Waals surface area contributed by atoms with Crippen molar-refractivity contribution < 1.29 is 13.9 Å². The monoisotopic (exact) mass is 473 g/mol. The fourth-order valence-corrected chi connectivity index (χ4v) is 5.80. The number of nitrogens with one attached hydrogen (secondary N) is 2. The van der Waals surface area contributed by atoms with Gasteiger partial charge in [-0.15, -0.1) is 11.3 Å². The molecule has 0 saturated heterocycles. The van der Waals surface area contributed by atoms with Crippen molar-refractivity contribution >= 4 is 28.1 Å². The zero-order chi connectivity index (χ0) is 23.5. The molecule has 1 amide bonds. The van der Waals surface area contributed by atoms with Crippen molar-refractivity contribution in [3.8, 4) is 5.75 Å². The van der Waals surface area contributed by atoms with E-state index in [9.17, 15) is 4.79 Å². The number of amides is 1. The molecule has 6 nitrogen and oxygen atoms in total. The van der Waals surface area contributed by atoms with Crippen LogP contribution in [-0.2, 0) is 12.8 Å². The number of carbonyl (C=O) groups excluding carboxylic acids is 1. The van der Waals surface area contributed by atoms with Gasteiger partial charge in [-0.05, 0) is 80.1 Å². The number of thiophene rings is 1. The quantitative estimate of drug-likeness (QED) is 0.325. The summed E-state index contributed by atoms with van der Waals surface area (Å²) in [4.78, 5) is 19.0. The fourth-order valence-electron chi connectivity index (χ4n) is 4.48. The van der Waals surface area contributed by atoms with E-state index in [2.05, 4.69) is 16.7 Å². The average molecular weight is 474 g/mol. The van der Waals surface area contributed by atoms with E-state index in [0.717, 1.165) is 59.1 Å². The smallest absolute Gasteiger partial charge is 0.291 e. The van der Waals surface area contributed by atoms with Gasteiger partial charge in [-0.2, -0.15) is 0 Å². The van der Waals surface area contributed by atoms with E-state index in [1.165, 1.54) is 16.7 Å². The number of nitrogens with zero attached hydrogens (tertiary/aromatic N) is 1. The predicted molar refractivity (Wildman–Crippen MR) is 135 cm³/mol. The molecule has 0 radical (unpaired) electrons. The molecule has 0 spiro atoms. The molecule has 174 valence electrons. The minimum atomic E-state index is -0.247. The number of fused-ring (bicyclic) bond motifs is 1. The van der Waals surface area contributed by atoms with Crippen molar-refractivity contribution in [3.63, 3.8) is 0 Å². The second kappa shape index (κ2) is 9.73. The largest absolute Gasteiger partial charge is 0.497 e. The molecule has 5 rings (SSSR count). The van der Waals surface area contributed by atoms with Gasteiger partial charge < -0.3 is 19.8 Å². The summed E-state index contributed by atoms with van der Waals surface area (Å²) in [5, 5.41) is 7.64. The van der Waals surface area contributed by atoms with Crippen LogP contribution in [-0.4, -0.2) is 18.0 Å². The van der Waals surface area contributed by atoms with Gasteiger partial charge in [0, 0.05) is 16.1 Å². The number of ether oxygens (including phenoxy) is 1. The Hall–Kier alpha value is -3.58. The summed E-state index contributed by atoms with van der Waals surface area (Å²) in [7, 11) is 1.67. The summed E-state index contributed by atoms with van der Waals surface area (Å²) in [6.07, 6.45) is 5.82. The first kappa shape index (κ1) is 22.2. The van der Waals surface area contributed by atoms with Crippen LogP contribution in [0.1, 0.15) is 56.7 Å². The molecule has 3 heterocycles. The number of furan rings is 1. The van der Waals surface area contributed by atoms with E-state index in [0.29, 0.717) is 5.76 Å². The van der Waals surface area contributed by atoms with Crippen LogP contribution < -0.4 is 15.4 Å². The van der Waals surface area contributed by atoms with Crippen LogP contribution in [0.25, 0.3) is 0 Å². The summed E-state index contributed by atoms with van der Waals surface area (Å²) in [6, 6.07) is 17.2. The van der Waals surface area contributed by atoms with Gasteiger partial charge in [-0.1, -0.05) is 18.2 Å². The number of aryl methyl sites for hydroxylation is 2. The molecule has 4 aromatic rings. The summed E-state index contributed by atoms with van der Waals surface area (Å²) in [5.74, 6) is 1.62. The van der Waals surface area contributed by atoms with Crippen molar-refractivity contribution in [2.45, 2.75) is 38.6 Å². The Morgan fingerprint density at radius 1 is 1.12 bits per heavy atom. The zero-order valence-corrected chi connectivity index (χ0v) is 20.1. The Bertz CT molecular complexity index is 1300. The summed E-state index contributed by atoms with van der Waals surface area (Å²) in [5.41, 5.74) is 4.39. The van der Waals surface area contributed by atoms with E-state index >= 15 is 0 Å². The minimum absolute atomic E-state index is 0.214. The van der Waals surface area contributed by atoms with Crippen molar-refractivity contribution in [3.05, 3.63) is 93.9 Å². The molecule has 0 fully saturated rings. The Labute approximate surface area is 203 Å². The number of aromatic nitrogens is 1. The van der Waals surface area contributed by atoms with E-state index in [1.54, 1.807) is 30.6 Å². The Morgan fingerprint density at radius 3 is 2.76 bits per heavy atom. The number of anilines is 2. The van der Waals surface area contributed by atoms with E-state index in [-0.39, 0.29) is 11.9 Å². The van der Waals surface area contributed by atoms with E-state index < -0.39 is 0 Å². The molecule has 0 bridgehead atoms. The average Bonchev–Trinajstić information content (AvgIpc) is 3.51. The highest BCUT2D eigenvalue weighted by Gasteiger charge is 2.29. The molecule has 2 N–H and O–H groups in total. The highest BCUT2D eigenvalue weighted by Crippen LogP contribution is 2.44. The molecule has 0 aliphatic heterocycles. The number of hydrogen-bond donors (Lipinski definition) is 2. The highest BCUT2D eigenvalue weighted by atomic mass is 32.1. The normalized spacial score (nSPS) is 13.7. The van der Waals surface area contributed by atoms with Gasteiger partial charge >= 0.3 is 0 Å². The van der Waals surface area contributed by atoms with Crippen molar-refractivity contribution in [2.24, 2.45) is 0 Å². The molecule has 0 unspecified atom stereocenters. The molecule has 1 aromatic carbocycles. The SMILES string of the molecule is COc1cccc([C@H](Nc2cccc(C)n2)c2c(NC(=O)c3ccco3)sc3c2CCCC3)c1. The van der Waals surface area contributed by atoms with Gasteiger partial charge in [-0.3, -0.25) is 4.79 Å². The van der Waals surface area contributed by atoms with Gasteiger partial charge in [0.15, 0.2) is 5.76 Å². The lowest BCUT2D eigenvalue weighted by molar-refractivity contribution is 0.0997. The molecule has 34 heavy (non-hydrogen) atoms. The number of methoxy groups -OCH3 is 1. The number of rotatable bonds is 7. The second-order valence-electron chi connectivity index (χ2n) is 8.40. The van der Waals surface area contributed by atoms with Crippen LogP contribution in [0.3, 0.4) is 0 Å². The fraction of sp³-hybridized carbons (Fsp3) is 0.259. The van der Waals surface area contributed by atoms with E-state index in [4.69, 9.17) is 14.1 Å². The molecule has 7 heteroatoms. The van der Waals surface area contributed by atoms with Crippen LogP contribution in [0.5, 0.6) is 5.75 Å². The maximum absolute atomic E-state index is 13.0. The molecule has 1 aliphatic carbocycles. The van der Waals surface area contributed by atoms with Gasteiger partial charge in [0.25, 0.3) is 5.91 Å². The van der Waals surface area contributed by atoms with Crippen LogP contribution in [0.2, 0.25) is 0 Å². The van der Waals surface area contributed by atoms with Crippen molar-refractivity contribution in [1.82, 2.24) is 4.98 Å². The van der Waals surface area contributed by atoms with Crippen LogP contribution in [0.4, 0.5) is 10.8 Å². The lowest BCUT2D eigenvalue weighted by Gasteiger charge is -2.24. The third-order valence-corrected chi connectivity index (χ3v) is 7.30. The maximum Gasteiger partial charge on any atom is 0.291 e. The Balaban J connectivity index is 1.63. The third-order valence-electron chi connectivity index (χ3n) is 6.08. The molecular weight excluding hydrogens is 446 g/mol. The first-order chi connectivity index (χ1) is 16.6. The Morgan fingerprint density at radius 2 is 1.97 bits per heavy atom. The number of carbonyl (C=O) groups is 1.